The van der Waals surface area contributed by atoms with Gasteiger partial charge in [0.05, 0.1) is 12.5 Å². The number of rotatable bonds is 6. The molecule has 1 aliphatic rings. The van der Waals surface area contributed by atoms with Crippen LogP contribution in [-0.2, 0) is 9.53 Å². The van der Waals surface area contributed by atoms with Gasteiger partial charge in [-0.15, -0.1) is 0 Å². The van der Waals surface area contributed by atoms with Gasteiger partial charge in [0.2, 0.25) is 0 Å². The van der Waals surface area contributed by atoms with E-state index in [0.29, 0.717) is 5.92 Å². The topological polar surface area (TPSA) is 26.3 Å². The van der Waals surface area contributed by atoms with Crippen LogP contribution in [0.2, 0.25) is 0 Å². The number of carbonyl (C=O) groups is 1. The van der Waals surface area contributed by atoms with Gasteiger partial charge in [0, 0.05) is 0 Å². The third kappa shape index (κ3) is 2.10. The molecule has 0 N–H and O–H groups in total. The highest BCUT2D eigenvalue weighted by Gasteiger charge is 2.49. The number of esters is 1. The van der Waals surface area contributed by atoms with Crippen LogP contribution in [0.1, 0.15) is 52.4 Å². The zero-order chi connectivity index (χ0) is 10.6. The summed E-state index contributed by atoms with van der Waals surface area (Å²) < 4.78 is 4.97. The number of unbranched alkanes of at least 4 members (excludes halogenated alkanes) is 1. The Bertz CT molecular complexity index is 196. The van der Waals surface area contributed by atoms with Gasteiger partial charge in [0.1, 0.15) is 0 Å². The highest BCUT2D eigenvalue weighted by Crippen LogP contribution is 2.51. The van der Waals surface area contributed by atoms with E-state index in [9.17, 15) is 4.79 Å². The molecule has 0 aliphatic heterocycles. The van der Waals surface area contributed by atoms with Crippen molar-refractivity contribution in [3.63, 3.8) is 0 Å². The van der Waals surface area contributed by atoms with Crippen LogP contribution < -0.4 is 0 Å². The maximum absolute atomic E-state index is 11.8. The minimum Gasteiger partial charge on any atom is -0.469 e. The Hall–Kier alpha value is -0.530. The van der Waals surface area contributed by atoms with Gasteiger partial charge in [-0.05, 0) is 31.6 Å². The molecule has 2 nitrogen and oxygen atoms in total. The van der Waals surface area contributed by atoms with Gasteiger partial charge in [0.25, 0.3) is 0 Å². The maximum atomic E-state index is 11.8. The lowest BCUT2D eigenvalue weighted by Gasteiger charge is -2.29. The Morgan fingerprint density at radius 3 is 2.43 bits per heavy atom. The Balaban J connectivity index is 2.69. The Morgan fingerprint density at radius 2 is 2.07 bits per heavy atom. The molecule has 0 heterocycles. The average Bonchev–Trinajstić information content (AvgIpc) is 3.03. The van der Waals surface area contributed by atoms with Crippen LogP contribution >= 0.6 is 0 Å². The molecule has 1 unspecified atom stereocenters. The minimum atomic E-state index is -0.148. The van der Waals surface area contributed by atoms with Crippen molar-refractivity contribution in [1.82, 2.24) is 0 Å². The number of ether oxygens (including phenoxy) is 1. The SMILES string of the molecule is CCCCC(CC)(C(=O)OC)C1CC1. The van der Waals surface area contributed by atoms with Crippen molar-refractivity contribution in [1.29, 1.82) is 0 Å². The quantitative estimate of drug-likeness (QED) is 0.613. The van der Waals surface area contributed by atoms with Gasteiger partial charge < -0.3 is 4.74 Å². The lowest BCUT2D eigenvalue weighted by atomic mass is 9.76. The van der Waals surface area contributed by atoms with Crippen molar-refractivity contribution >= 4 is 5.97 Å². The third-order valence-corrected chi connectivity index (χ3v) is 3.56. The van der Waals surface area contributed by atoms with Gasteiger partial charge in [-0.2, -0.15) is 0 Å². The fraction of sp³-hybridized carbons (Fsp3) is 0.917. The van der Waals surface area contributed by atoms with Crippen LogP contribution in [0.3, 0.4) is 0 Å². The van der Waals surface area contributed by atoms with E-state index in [1.54, 1.807) is 0 Å². The molecule has 1 fully saturated rings. The predicted molar refractivity (Wildman–Crippen MR) is 57.0 cm³/mol. The van der Waals surface area contributed by atoms with E-state index in [2.05, 4.69) is 13.8 Å². The molecule has 0 aromatic heterocycles. The zero-order valence-electron chi connectivity index (χ0n) is 9.64. The predicted octanol–water partition coefficient (Wildman–Crippen LogP) is 3.16. The second kappa shape index (κ2) is 4.81. The summed E-state index contributed by atoms with van der Waals surface area (Å²) in [5, 5.41) is 0. The van der Waals surface area contributed by atoms with Crippen molar-refractivity contribution in [3.05, 3.63) is 0 Å². The second-order valence-electron chi connectivity index (χ2n) is 4.38. The molecule has 1 rings (SSSR count). The van der Waals surface area contributed by atoms with E-state index in [0.717, 1.165) is 25.7 Å². The van der Waals surface area contributed by atoms with E-state index in [1.165, 1.54) is 20.0 Å². The van der Waals surface area contributed by atoms with Gasteiger partial charge in [-0.3, -0.25) is 4.79 Å². The van der Waals surface area contributed by atoms with Crippen LogP contribution in [0.5, 0.6) is 0 Å². The molecule has 0 spiro atoms. The summed E-state index contributed by atoms with van der Waals surface area (Å²) in [6.45, 7) is 4.29. The molecule has 0 saturated heterocycles. The second-order valence-corrected chi connectivity index (χ2v) is 4.38. The van der Waals surface area contributed by atoms with E-state index in [4.69, 9.17) is 4.74 Å². The van der Waals surface area contributed by atoms with Crippen LogP contribution in [0.25, 0.3) is 0 Å². The van der Waals surface area contributed by atoms with Gasteiger partial charge in [-0.1, -0.05) is 26.7 Å². The summed E-state index contributed by atoms with van der Waals surface area (Å²) in [4.78, 5) is 11.8. The molecule has 2 heteroatoms. The van der Waals surface area contributed by atoms with E-state index in [1.807, 2.05) is 0 Å². The highest BCUT2D eigenvalue weighted by molar-refractivity contribution is 5.77. The minimum absolute atomic E-state index is 0.0240. The highest BCUT2D eigenvalue weighted by atomic mass is 16.5. The van der Waals surface area contributed by atoms with Crippen molar-refractivity contribution in [2.24, 2.45) is 11.3 Å². The smallest absolute Gasteiger partial charge is 0.312 e. The van der Waals surface area contributed by atoms with E-state index >= 15 is 0 Å². The van der Waals surface area contributed by atoms with Crippen LogP contribution in [0, 0.1) is 11.3 Å². The van der Waals surface area contributed by atoms with Crippen molar-refractivity contribution in [3.8, 4) is 0 Å². The van der Waals surface area contributed by atoms with Gasteiger partial charge in [-0.25, -0.2) is 0 Å². The molecule has 0 amide bonds. The standard InChI is InChI=1S/C12H22O2/c1-4-6-9-12(5-2,10-7-8-10)11(13)14-3/h10H,4-9H2,1-3H3. The normalized spacial score (nSPS) is 20.2. The van der Waals surface area contributed by atoms with Crippen molar-refractivity contribution in [2.45, 2.75) is 52.4 Å². The summed E-state index contributed by atoms with van der Waals surface area (Å²) >= 11 is 0. The molecular formula is C12H22O2. The summed E-state index contributed by atoms with van der Waals surface area (Å²) in [6.07, 6.45) is 6.67. The molecule has 0 radical (unpaired) electrons. The van der Waals surface area contributed by atoms with Gasteiger partial charge in [0.15, 0.2) is 0 Å². The van der Waals surface area contributed by atoms with E-state index < -0.39 is 0 Å². The maximum Gasteiger partial charge on any atom is 0.312 e. The first kappa shape index (κ1) is 11.5. The fourth-order valence-electron chi connectivity index (χ4n) is 2.41. The first-order valence-corrected chi connectivity index (χ1v) is 5.79. The molecule has 1 saturated carbocycles. The lowest BCUT2D eigenvalue weighted by Crippen LogP contribution is -2.34. The summed E-state index contributed by atoms with van der Waals surface area (Å²) in [7, 11) is 1.51. The Morgan fingerprint density at radius 1 is 1.43 bits per heavy atom. The number of methoxy groups -OCH3 is 1. The Kier molecular flexibility index (Phi) is 3.97. The molecule has 0 aromatic rings. The third-order valence-electron chi connectivity index (χ3n) is 3.56. The fourth-order valence-corrected chi connectivity index (χ4v) is 2.41. The molecule has 0 aromatic carbocycles. The average molecular weight is 198 g/mol. The monoisotopic (exact) mass is 198 g/mol. The molecule has 1 aliphatic carbocycles. The van der Waals surface area contributed by atoms with Crippen molar-refractivity contribution in [2.75, 3.05) is 7.11 Å². The largest absolute Gasteiger partial charge is 0.469 e. The Labute approximate surface area is 87.0 Å². The molecule has 0 bridgehead atoms. The molecular weight excluding hydrogens is 176 g/mol. The number of carbonyl (C=O) groups excluding carboxylic acids is 1. The number of hydrogen-bond donors (Lipinski definition) is 0. The van der Waals surface area contributed by atoms with Crippen LogP contribution in [0.4, 0.5) is 0 Å². The molecule has 14 heavy (non-hydrogen) atoms. The summed E-state index contributed by atoms with van der Waals surface area (Å²) in [5.41, 5.74) is -0.148. The molecule has 1 atom stereocenters. The summed E-state index contributed by atoms with van der Waals surface area (Å²) in [6, 6.07) is 0. The summed E-state index contributed by atoms with van der Waals surface area (Å²) in [5.74, 6) is 0.627. The van der Waals surface area contributed by atoms with Crippen LogP contribution in [-0.4, -0.2) is 13.1 Å². The number of hydrogen-bond acceptors (Lipinski definition) is 2. The molecule has 82 valence electrons. The van der Waals surface area contributed by atoms with E-state index in [-0.39, 0.29) is 11.4 Å². The lowest BCUT2D eigenvalue weighted by molar-refractivity contribution is -0.155. The van der Waals surface area contributed by atoms with Crippen molar-refractivity contribution < 1.29 is 9.53 Å². The first-order chi connectivity index (χ1) is 6.71. The zero-order valence-corrected chi connectivity index (χ0v) is 9.64. The van der Waals surface area contributed by atoms with Gasteiger partial charge >= 0.3 is 5.97 Å². The first-order valence-electron chi connectivity index (χ1n) is 5.79. The van der Waals surface area contributed by atoms with Crippen LogP contribution in [0.15, 0.2) is 0 Å².